The van der Waals surface area contributed by atoms with Crippen molar-refractivity contribution in [2.75, 3.05) is 0 Å². The highest BCUT2D eigenvalue weighted by atomic mass is 35.5. The van der Waals surface area contributed by atoms with Crippen molar-refractivity contribution in [3.63, 3.8) is 0 Å². The summed E-state index contributed by atoms with van der Waals surface area (Å²) in [6.45, 7) is 6.41. The van der Waals surface area contributed by atoms with Crippen molar-refractivity contribution >= 4 is 11.6 Å². The molecule has 0 unspecified atom stereocenters. The van der Waals surface area contributed by atoms with Crippen LogP contribution in [-0.4, -0.2) is 0 Å². The predicted octanol–water partition coefficient (Wildman–Crippen LogP) is 3.78. The van der Waals surface area contributed by atoms with Crippen LogP contribution in [0, 0.1) is 6.57 Å². The number of halogens is 4. The molecule has 1 aromatic carbocycles. The van der Waals surface area contributed by atoms with Crippen molar-refractivity contribution in [3.05, 3.63) is 45.8 Å². The molecule has 0 radical (unpaired) electrons. The third kappa shape index (κ3) is 2.18. The molecule has 0 atom stereocenters. The quantitative estimate of drug-likeness (QED) is 0.633. The Labute approximate surface area is 83.9 Å². The molecule has 0 saturated heterocycles. The molecule has 1 aromatic rings. The van der Waals surface area contributed by atoms with Crippen LogP contribution in [0.4, 0.5) is 13.2 Å². The molecule has 0 saturated carbocycles. The van der Waals surface area contributed by atoms with E-state index in [1.807, 2.05) is 0 Å². The molecule has 1 rings (SSSR count). The van der Waals surface area contributed by atoms with Crippen LogP contribution >= 0.6 is 11.6 Å². The number of rotatable bonds is 1. The largest absolute Gasteiger partial charge is 0.417 e. The van der Waals surface area contributed by atoms with Crippen LogP contribution in [0.5, 0.6) is 0 Å². The van der Waals surface area contributed by atoms with Crippen LogP contribution in [0.1, 0.15) is 11.1 Å². The van der Waals surface area contributed by atoms with Crippen molar-refractivity contribution < 1.29 is 13.2 Å². The highest BCUT2D eigenvalue weighted by Gasteiger charge is 2.33. The van der Waals surface area contributed by atoms with Gasteiger partial charge in [-0.2, -0.15) is 13.2 Å². The molecule has 1 nitrogen and oxygen atoms in total. The van der Waals surface area contributed by atoms with Gasteiger partial charge >= 0.3 is 6.18 Å². The van der Waals surface area contributed by atoms with Crippen molar-refractivity contribution in [1.82, 2.24) is 0 Å². The zero-order chi connectivity index (χ0) is 10.8. The molecule has 0 aliphatic rings. The Morgan fingerprint density at radius 1 is 1.36 bits per heavy atom. The molecule has 0 aliphatic carbocycles. The van der Waals surface area contributed by atoms with E-state index >= 15 is 0 Å². The molecule has 0 heterocycles. The van der Waals surface area contributed by atoms with Crippen LogP contribution in [-0.2, 0) is 12.7 Å². The summed E-state index contributed by atoms with van der Waals surface area (Å²) in [7, 11) is 0. The fourth-order valence-electron chi connectivity index (χ4n) is 1.01. The summed E-state index contributed by atoms with van der Waals surface area (Å²) in [6, 6.07) is 3.56. The molecular weight excluding hydrogens is 215 g/mol. The van der Waals surface area contributed by atoms with Gasteiger partial charge in [0.05, 0.1) is 10.6 Å². The lowest BCUT2D eigenvalue weighted by Crippen LogP contribution is -2.06. The minimum atomic E-state index is -4.46. The van der Waals surface area contributed by atoms with E-state index in [2.05, 4.69) is 4.85 Å². The third-order valence-electron chi connectivity index (χ3n) is 1.63. The first kappa shape index (κ1) is 10.9. The van der Waals surface area contributed by atoms with Crippen molar-refractivity contribution in [3.8, 4) is 0 Å². The SMILES string of the molecule is [C-]#[N+]Cc1cccc(C(F)(F)F)c1Cl. The van der Waals surface area contributed by atoms with Gasteiger partial charge in [0.1, 0.15) is 0 Å². The molecule has 0 aliphatic heterocycles. The van der Waals surface area contributed by atoms with Crippen molar-refractivity contribution in [2.24, 2.45) is 0 Å². The summed E-state index contributed by atoms with van der Waals surface area (Å²) in [4.78, 5) is 2.99. The van der Waals surface area contributed by atoms with Crippen LogP contribution in [0.15, 0.2) is 18.2 Å². The number of nitrogens with zero attached hydrogens (tertiary/aromatic N) is 1. The molecule has 0 aromatic heterocycles. The predicted molar refractivity (Wildman–Crippen MR) is 46.8 cm³/mol. The molecule has 74 valence electrons. The maximum Gasteiger partial charge on any atom is 0.417 e. The Morgan fingerprint density at radius 3 is 2.50 bits per heavy atom. The second-order valence-electron chi connectivity index (χ2n) is 2.59. The fraction of sp³-hybridized carbons (Fsp3) is 0.222. The molecule has 0 N–H and O–H groups in total. The van der Waals surface area contributed by atoms with Gasteiger partial charge in [-0.3, -0.25) is 0 Å². The van der Waals surface area contributed by atoms with E-state index in [-0.39, 0.29) is 17.1 Å². The van der Waals surface area contributed by atoms with Gasteiger partial charge in [-0.15, -0.1) is 0 Å². The van der Waals surface area contributed by atoms with E-state index in [1.165, 1.54) is 12.1 Å². The molecule has 5 heteroatoms. The van der Waals surface area contributed by atoms with Gasteiger partial charge in [0.15, 0.2) is 0 Å². The number of hydrogen-bond donors (Lipinski definition) is 0. The molecular formula is C9H5ClF3N. The zero-order valence-corrected chi connectivity index (χ0v) is 7.65. The fourth-order valence-corrected chi connectivity index (χ4v) is 1.30. The van der Waals surface area contributed by atoms with Gasteiger partial charge in [-0.05, 0) is 6.07 Å². The highest BCUT2D eigenvalue weighted by molar-refractivity contribution is 6.32. The summed E-state index contributed by atoms with van der Waals surface area (Å²) in [5.41, 5.74) is -0.684. The Bertz CT molecular complexity index is 379. The van der Waals surface area contributed by atoms with Crippen molar-refractivity contribution in [1.29, 1.82) is 0 Å². The van der Waals surface area contributed by atoms with Gasteiger partial charge in [-0.25, -0.2) is 6.57 Å². The lowest BCUT2D eigenvalue weighted by molar-refractivity contribution is -0.137. The first-order valence-corrected chi connectivity index (χ1v) is 4.02. The second-order valence-corrected chi connectivity index (χ2v) is 2.97. The van der Waals surface area contributed by atoms with E-state index in [1.54, 1.807) is 0 Å². The summed E-state index contributed by atoms with van der Waals surface area (Å²) in [5.74, 6) is 0. The Hall–Kier alpha value is -1.21. The lowest BCUT2D eigenvalue weighted by Gasteiger charge is -2.09. The smallest absolute Gasteiger partial charge is 0.312 e. The van der Waals surface area contributed by atoms with E-state index < -0.39 is 11.7 Å². The summed E-state index contributed by atoms with van der Waals surface area (Å²) in [5, 5.41) is -0.379. The number of alkyl halides is 3. The monoisotopic (exact) mass is 219 g/mol. The van der Waals surface area contributed by atoms with Crippen LogP contribution < -0.4 is 0 Å². The topological polar surface area (TPSA) is 4.36 Å². The van der Waals surface area contributed by atoms with E-state index in [4.69, 9.17) is 18.2 Å². The van der Waals surface area contributed by atoms with Crippen LogP contribution in [0.2, 0.25) is 5.02 Å². The Balaban J connectivity index is 3.22. The summed E-state index contributed by atoms with van der Waals surface area (Å²) < 4.78 is 36.9. The van der Waals surface area contributed by atoms with E-state index in [0.29, 0.717) is 0 Å². The maximum absolute atomic E-state index is 12.3. The number of hydrogen-bond acceptors (Lipinski definition) is 0. The highest BCUT2D eigenvalue weighted by Crippen LogP contribution is 2.36. The standard InChI is InChI=1S/C9H5ClF3N/c1-14-5-6-3-2-4-7(8(6)10)9(11,12)13/h2-4H,5H2. The molecule has 0 bridgehead atoms. The van der Waals surface area contributed by atoms with Gasteiger partial charge in [-0.1, -0.05) is 23.7 Å². The van der Waals surface area contributed by atoms with Gasteiger partial charge in [0.25, 0.3) is 0 Å². The zero-order valence-electron chi connectivity index (χ0n) is 6.90. The lowest BCUT2D eigenvalue weighted by atomic mass is 10.1. The van der Waals surface area contributed by atoms with Crippen molar-refractivity contribution in [2.45, 2.75) is 12.7 Å². The molecule has 14 heavy (non-hydrogen) atoms. The summed E-state index contributed by atoms with van der Waals surface area (Å²) >= 11 is 5.51. The normalized spacial score (nSPS) is 11.1. The second kappa shape index (κ2) is 3.89. The van der Waals surface area contributed by atoms with Gasteiger partial charge < -0.3 is 4.85 Å². The van der Waals surface area contributed by atoms with E-state index in [0.717, 1.165) is 6.07 Å². The minimum absolute atomic E-state index is 0.136. The maximum atomic E-state index is 12.3. The molecule has 0 spiro atoms. The Kier molecular flexibility index (Phi) is 3.02. The molecule has 0 amide bonds. The average Bonchev–Trinajstić information content (AvgIpc) is 2.07. The Morgan fingerprint density at radius 2 is 2.00 bits per heavy atom. The van der Waals surface area contributed by atoms with Crippen LogP contribution in [0.3, 0.4) is 0 Å². The first-order valence-electron chi connectivity index (χ1n) is 3.64. The van der Waals surface area contributed by atoms with E-state index in [9.17, 15) is 13.2 Å². The van der Waals surface area contributed by atoms with Crippen LogP contribution in [0.25, 0.3) is 4.85 Å². The molecule has 0 fully saturated rings. The van der Waals surface area contributed by atoms with Gasteiger partial charge in [0.2, 0.25) is 6.54 Å². The van der Waals surface area contributed by atoms with Gasteiger partial charge in [0, 0.05) is 5.56 Å². The number of benzene rings is 1. The minimum Gasteiger partial charge on any atom is -0.312 e. The average molecular weight is 220 g/mol. The third-order valence-corrected chi connectivity index (χ3v) is 2.08. The first-order chi connectivity index (χ1) is 6.46. The summed E-state index contributed by atoms with van der Waals surface area (Å²) in [6.07, 6.45) is -4.46.